The lowest BCUT2D eigenvalue weighted by atomic mass is 9.82. The van der Waals surface area contributed by atoms with Gasteiger partial charge in [-0.1, -0.05) is 37.6 Å². The summed E-state index contributed by atoms with van der Waals surface area (Å²) in [5, 5.41) is 0. The predicted molar refractivity (Wildman–Crippen MR) is 72.4 cm³/mol. The molecule has 1 aromatic carbocycles. The summed E-state index contributed by atoms with van der Waals surface area (Å²) in [5.41, 5.74) is 3.00. The van der Waals surface area contributed by atoms with Crippen LogP contribution in [0.5, 0.6) is 0 Å². The van der Waals surface area contributed by atoms with Gasteiger partial charge in [-0.25, -0.2) is 0 Å². The molecule has 0 heterocycles. The van der Waals surface area contributed by atoms with E-state index in [-0.39, 0.29) is 0 Å². The van der Waals surface area contributed by atoms with Crippen molar-refractivity contribution < 1.29 is 4.74 Å². The number of benzene rings is 1. The van der Waals surface area contributed by atoms with E-state index in [9.17, 15) is 0 Å². The summed E-state index contributed by atoms with van der Waals surface area (Å²) in [7, 11) is 1.84. The third-order valence-electron chi connectivity index (χ3n) is 4.00. The molecule has 1 saturated carbocycles. The van der Waals surface area contributed by atoms with Gasteiger partial charge < -0.3 is 4.74 Å². The van der Waals surface area contributed by atoms with Crippen LogP contribution >= 0.6 is 0 Å². The van der Waals surface area contributed by atoms with E-state index in [1.165, 1.54) is 49.7 Å². The van der Waals surface area contributed by atoms with Crippen molar-refractivity contribution >= 4 is 0 Å². The third kappa shape index (κ3) is 3.32. The summed E-state index contributed by atoms with van der Waals surface area (Å²) in [6, 6.07) is 9.29. The summed E-state index contributed by atoms with van der Waals surface area (Å²) in [5.74, 6) is 0.761. The van der Waals surface area contributed by atoms with Crippen molar-refractivity contribution in [3.63, 3.8) is 0 Å². The van der Waals surface area contributed by atoms with Crippen LogP contribution in [0.4, 0.5) is 0 Å². The van der Waals surface area contributed by atoms with Crippen LogP contribution in [-0.2, 0) is 11.2 Å². The minimum Gasteiger partial charge on any atom is -0.381 e. The van der Waals surface area contributed by atoms with Gasteiger partial charge in [-0.15, -0.1) is 0 Å². The van der Waals surface area contributed by atoms with Crippen LogP contribution in [-0.4, -0.2) is 13.2 Å². The minimum atomic E-state index is 0.505. The SMILES string of the molecule is CCCc1ccc(C2CCC(OC)CC2)cc1. The monoisotopic (exact) mass is 232 g/mol. The maximum absolute atomic E-state index is 5.43. The van der Waals surface area contributed by atoms with Crippen molar-refractivity contribution in [1.82, 2.24) is 0 Å². The highest BCUT2D eigenvalue weighted by Crippen LogP contribution is 2.33. The van der Waals surface area contributed by atoms with Gasteiger partial charge in [0, 0.05) is 7.11 Å². The van der Waals surface area contributed by atoms with Crippen molar-refractivity contribution in [2.75, 3.05) is 7.11 Å². The standard InChI is InChI=1S/C16H24O/c1-3-4-13-5-7-14(8-6-13)15-9-11-16(17-2)12-10-15/h5-8,15-16H,3-4,9-12H2,1-2H3. The average Bonchev–Trinajstić information content (AvgIpc) is 2.40. The fourth-order valence-corrected chi connectivity index (χ4v) is 2.88. The van der Waals surface area contributed by atoms with Crippen LogP contribution < -0.4 is 0 Å². The average molecular weight is 232 g/mol. The Hall–Kier alpha value is -0.820. The quantitative estimate of drug-likeness (QED) is 0.751. The lowest BCUT2D eigenvalue weighted by Crippen LogP contribution is -2.19. The van der Waals surface area contributed by atoms with Gasteiger partial charge in [0.2, 0.25) is 0 Å². The topological polar surface area (TPSA) is 9.23 Å². The van der Waals surface area contributed by atoms with Crippen molar-refractivity contribution in [2.45, 2.75) is 57.5 Å². The molecule has 1 aliphatic rings. The summed E-state index contributed by atoms with van der Waals surface area (Å²) in [6.45, 7) is 2.24. The van der Waals surface area contributed by atoms with Crippen LogP contribution in [0.2, 0.25) is 0 Å². The molecule has 2 rings (SSSR count). The van der Waals surface area contributed by atoms with Gasteiger partial charge in [-0.3, -0.25) is 0 Å². The predicted octanol–water partition coefficient (Wildman–Crippen LogP) is 4.31. The Balaban J connectivity index is 1.94. The summed E-state index contributed by atoms with van der Waals surface area (Å²) in [4.78, 5) is 0. The van der Waals surface area contributed by atoms with E-state index in [4.69, 9.17) is 4.74 Å². The Morgan fingerprint density at radius 2 is 1.71 bits per heavy atom. The number of aryl methyl sites for hydroxylation is 1. The Morgan fingerprint density at radius 1 is 1.06 bits per heavy atom. The Morgan fingerprint density at radius 3 is 2.24 bits per heavy atom. The summed E-state index contributed by atoms with van der Waals surface area (Å²) in [6.07, 6.45) is 7.95. The third-order valence-corrected chi connectivity index (χ3v) is 4.00. The first-order valence-electron chi connectivity index (χ1n) is 6.95. The number of rotatable bonds is 4. The van der Waals surface area contributed by atoms with Gasteiger partial charge in [-0.2, -0.15) is 0 Å². The molecular formula is C16H24O. The highest BCUT2D eigenvalue weighted by atomic mass is 16.5. The van der Waals surface area contributed by atoms with E-state index in [1.807, 2.05) is 7.11 Å². The molecule has 0 unspecified atom stereocenters. The fraction of sp³-hybridized carbons (Fsp3) is 0.625. The normalized spacial score (nSPS) is 24.8. The maximum atomic E-state index is 5.43. The molecule has 0 aliphatic heterocycles. The minimum absolute atomic E-state index is 0.505. The largest absolute Gasteiger partial charge is 0.381 e. The van der Waals surface area contributed by atoms with Gasteiger partial charge in [-0.05, 0) is 49.1 Å². The van der Waals surface area contributed by atoms with Crippen LogP contribution in [0.25, 0.3) is 0 Å². The highest BCUT2D eigenvalue weighted by Gasteiger charge is 2.21. The molecule has 0 aromatic heterocycles. The Kier molecular flexibility index (Phi) is 4.61. The molecule has 1 nitrogen and oxygen atoms in total. The van der Waals surface area contributed by atoms with E-state index in [0.29, 0.717) is 6.10 Å². The molecule has 0 saturated heterocycles. The lowest BCUT2D eigenvalue weighted by Gasteiger charge is -2.27. The number of hydrogen-bond donors (Lipinski definition) is 0. The van der Waals surface area contributed by atoms with Crippen molar-refractivity contribution in [1.29, 1.82) is 0 Å². The zero-order valence-electron chi connectivity index (χ0n) is 11.1. The van der Waals surface area contributed by atoms with Crippen LogP contribution in [0, 0.1) is 0 Å². The van der Waals surface area contributed by atoms with E-state index in [0.717, 1.165) is 5.92 Å². The second kappa shape index (κ2) is 6.20. The van der Waals surface area contributed by atoms with Gasteiger partial charge >= 0.3 is 0 Å². The molecule has 17 heavy (non-hydrogen) atoms. The van der Waals surface area contributed by atoms with Gasteiger partial charge in [0.1, 0.15) is 0 Å². The summed E-state index contributed by atoms with van der Waals surface area (Å²) >= 11 is 0. The van der Waals surface area contributed by atoms with Crippen molar-refractivity contribution in [3.8, 4) is 0 Å². The molecule has 94 valence electrons. The molecule has 0 atom stereocenters. The molecule has 0 N–H and O–H groups in total. The van der Waals surface area contributed by atoms with E-state index in [2.05, 4.69) is 31.2 Å². The number of hydrogen-bond acceptors (Lipinski definition) is 1. The Bertz CT molecular complexity index is 320. The maximum Gasteiger partial charge on any atom is 0.0571 e. The molecule has 1 aliphatic carbocycles. The van der Waals surface area contributed by atoms with E-state index >= 15 is 0 Å². The number of ether oxygens (including phenoxy) is 1. The molecule has 1 heteroatoms. The van der Waals surface area contributed by atoms with E-state index in [1.54, 1.807) is 0 Å². The van der Waals surface area contributed by atoms with Crippen LogP contribution in [0.3, 0.4) is 0 Å². The van der Waals surface area contributed by atoms with Gasteiger partial charge in [0.05, 0.1) is 6.10 Å². The van der Waals surface area contributed by atoms with Gasteiger partial charge in [0.15, 0.2) is 0 Å². The van der Waals surface area contributed by atoms with E-state index < -0.39 is 0 Å². The van der Waals surface area contributed by atoms with Gasteiger partial charge in [0.25, 0.3) is 0 Å². The second-order valence-corrected chi connectivity index (χ2v) is 5.20. The summed E-state index contributed by atoms with van der Waals surface area (Å²) < 4.78 is 5.43. The molecule has 0 radical (unpaired) electrons. The zero-order valence-corrected chi connectivity index (χ0v) is 11.1. The highest BCUT2D eigenvalue weighted by molar-refractivity contribution is 5.25. The zero-order chi connectivity index (χ0) is 12.1. The second-order valence-electron chi connectivity index (χ2n) is 5.20. The molecule has 0 amide bonds. The molecular weight excluding hydrogens is 208 g/mol. The first-order valence-corrected chi connectivity index (χ1v) is 6.95. The Labute approximate surface area is 105 Å². The first-order chi connectivity index (χ1) is 8.33. The van der Waals surface area contributed by atoms with Crippen LogP contribution in [0.1, 0.15) is 56.1 Å². The van der Waals surface area contributed by atoms with Crippen molar-refractivity contribution in [2.24, 2.45) is 0 Å². The lowest BCUT2D eigenvalue weighted by molar-refractivity contribution is 0.0659. The molecule has 1 fully saturated rings. The molecule has 0 spiro atoms. The molecule has 1 aromatic rings. The van der Waals surface area contributed by atoms with Crippen LogP contribution in [0.15, 0.2) is 24.3 Å². The first kappa shape index (κ1) is 12.6. The molecule has 0 bridgehead atoms. The fourth-order valence-electron chi connectivity index (χ4n) is 2.88. The number of methoxy groups -OCH3 is 1. The van der Waals surface area contributed by atoms with Crippen molar-refractivity contribution in [3.05, 3.63) is 35.4 Å². The smallest absolute Gasteiger partial charge is 0.0571 e.